The van der Waals surface area contributed by atoms with Gasteiger partial charge < -0.3 is 4.98 Å². The quantitative estimate of drug-likeness (QED) is 0.692. The van der Waals surface area contributed by atoms with Crippen LogP contribution in [0.4, 0.5) is 11.4 Å². The summed E-state index contributed by atoms with van der Waals surface area (Å²) in [4.78, 5) is 7.59. The Balaban J connectivity index is 1.88. The van der Waals surface area contributed by atoms with E-state index in [1.165, 1.54) is 0 Å². The number of sulfonamides is 1. The van der Waals surface area contributed by atoms with Crippen molar-refractivity contribution in [1.29, 1.82) is 0 Å². The summed E-state index contributed by atoms with van der Waals surface area (Å²) in [5, 5.41) is 0. The third-order valence-corrected chi connectivity index (χ3v) is 4.83. The first-order valence-electron chi connectivity index (χ1n) is 7.40. The number of nitrogens with one attached hydrogen (secondary N) is 2. The van der Waals surface area contributed by atoms with Gasteiger partial charge in [-0.25, -0.2) is 8.42 Å². The van der Waals surface area contributed by atoms with Crippen molar-refractivity contribution in [3.05, 3.63) is 78.1 Å². The van der Waals surface area contributed by atoms with Gasteiger partial charge in [0.15, 0.2) is 0 Å². The molecule has 0 radical (unpaired) electrons. The standard InChI is InChI=1S/C18H17N3O2S/c1-14-8-10-16(11-9-14)24(22,23)21-18-7-3-2-6-17(18)20-13-15-5-4-12-19-15/h2-13,19,21H,1H3. The van der Waals surface area contributed by atoms with E-state index in [-0.39, 0.29) is 4.90 Å². The van der Waals surface area contributed by atoms with E-state index in [1.54, 1.807) is 54.9 Å². The molecule has 0 saturated heterocycles. The molecule has 0 aliphatic rings. The molecule has 1 aromatic heterocycles. The minimum absolute atomic E-state index is 0.219. The number of aryl methyl sites for hydroxylation is 1. The summed E-state index contributed by atoms with van der Waals surface area (Å²) in [6, 6.07) is 17.5. The summed E-state index contributed by atoms with van der Waals surface area (Å²) >= 11 is 0. The van der Waals surface area contributed by atoms with Crippen LogP contribution in [0.15, 0.2) is 76.7 Å². The van der Waals surface area contributed by atoms with Gasteiger partial charge in [-0.3, -0.25) is 9.71 Å². The van der Waals surface area contributed by atoms with Crippen LogP contribution in [0.25, 0.3) is 0 Å². The van der Waals surface area contributed by atoms with Gasteiger partial charge in [-0.05, 0) is 43.3 Å². The molecule has 0 aliphatic carbocycles. The molecule has 3 rings (SSSR count). The number of aliphatic imine (C=N–C) groups is 1. The van der Waals surface area contributed by atoms with Crippen LogP contribution in [0.2, 0.25) is 0 Å². The highest BCUT2D eigenvalue weighted by Gasteiger charge is 2.15. The molecule has 1 heterocycles. The normalized spacial score (nSPS) is 11.7. The minimum Gasteiger partial charge on any atom is -0.360 e. The molecule has 6 heteroatoms. The Hall–Kier alpha value is -2.86. The third-order valence-electron chi connectivity index (χ3n) is 3.44. The molecule has 0 amide bonds. The second-order valence-corrected chi connectivity index (χ2v) is 7.00. The maximum atomic E-state index is 12.5. The predicted octanol–water partition coefficient (Wildman–Crippen LogP) is 3.87. The Morgan fingerprint density at radius 3 is 2.46 bits per heavy atom. The fourth-order valence-electron chi connectivity index (χ4n) is 2.16. The first kappa shape index (κ1) is 16.0. The number of nitrogens with zero attached hydrogens (tertiary/aromatic N) is 1. The Morgan fingerprint density at radius 2 is 1.75 bits per heavy atom. The van der Waals surface area contributed by atoms with Gasteiger partial charge in [0.1, 0.15) is 0 Å². The largest absolute Gasteiger partial charge is 0.360 e. The summed E-state index contributed by atoms with van der Waals surface area (Å²) in [5.74, 6) is 0. The van der Waals surface area contributed by atoms with E-state index >= 15 is 0 Å². The number of H-pyrrole nitrogens is 1. The number of hydrogen-bond acceptors (Lipinski definition) is 3. The van der Waals surface area contributed by atoms with Crippen LogP contribution in [-0.2, 0) is 10.0 Å². The maximum Gasteiger partial charge on any atom is 0.261 e. The SMILES string of the molecule is Cc1ccc(S(=O)(=O)Nc2ccccc2N=Cc2ccc[nH]2)cc1. The number of anilines is 1. The molecule has 0 unspecified atom stereocenters. The van der Waals surface area contributed by atoms with Gasteiger partial charge in [0, 0.05) is 6.20 Å². The zero-order valence-corrected chi connectivity index (χ0v) is 13.9. The van der Waals surface area contributed by atoms with Crippen LogP contribution in [0.1, 0.15) is 11.3 Å². The smallest absolute Gasteiger partial charge is 0.261 e. The maximum absolute atomic E-state index is 12.5. The second-order valence-electron chi connectivity index (χ2n) is 5.32. The number of para-hydroxylation sites is 2. The molecule has 24 heavy (non-hydrogen) atoms. The summed E-state index contributed by atoms with van der Waals surface area (Å²) in [7, 11) is -3.66. The van der Waals surface area contributed by atoms with Crippen molar-refractivity contribution in [2.75, 3.05) is 4.72 Å². The van der Waals surface area contributed by atoms with Crippen molar-refractivity contribution in [1.82, 2.24) is 4.98 Å². The van der Waals surface area contributed by atoms with E-state index in [4.69, 9.17) is 0 Å². The highest BCUT2D eigenvalue weighted by Crippen LogP contribution is 2.27. The molecule has 0 fully saturated rings. The van der Waals surface area contributed by atoms with E-state index in [9.17, 15) is 8.42 Å². The lowest BCUT2D eigenvalue weighted by molar-refractivity contribution is 0.601. The number of rotatable bonds is 5. The average Bonchev–Trinajstić information content (AvgIpc) is 3.07. The lowest BCUT2D eigenvalue weighted by Gasteiger charge is -2.10. The highest BCUT2D eigenvalue weighted by atomic mass is 32.2. The van der Waals surface area contributed by atoms with Gasteiger partial charge in [-0.2, -0.15) is 0 Å². The summed E-state index contributed by atoms with van der Waals surface area (Å²) in [6.45, 7) is 1.91. The van der Waals surface area contributed by atoms with E-state index < -0.39 is 10.0 Å². The molecule has 0 spiro atoms. The van der Waals surface area contributed by atoms with Gasteiger partial charge >= 0.3 is 0 Å². The van der Waals surface area contributed by atoms with Crippen molar-refractivity contribution >= 4 is 27.6 Å². The Bertz CT molecular complexity index is 944. The van der Waals surface area contributed by atoms with E-state index in [2.05, 4.69) is 14.7 Å². The topological polar surface area (TPSA) is 74.3 Å². The minimum atomic E-state index is -3.66. The van der Waals surface area contributed by atoms with Crippen LogP contribution in [0.3, 0.4) is 0 Å². The molecule has 0 atom stereocenters. The van der Waals surface area contributed by atoms with Gasteiger partial charge in [0.05, 0.1) is 28.2 Å². The first-order valence-corrected chi connectivity index (χ1v) is 8.89. The average molecular weight is 339 g/mol. The molecule has 0 aliphatic heterocycles. The van der Waals surface area contributed by atoms with Crippen LogP contribution in [0.5, 0.6) is 0 Å². The van der Waals surface area contributed by atoms with Crippen molar-refractivity contribution in [2.45, 2.75) is 11.8 Å². The van der Waals surface area contributed by atoms with Crippen LogP contribution in [0, 0.1) is 6.92 Å². The molecule has 3 aromatic rings. The molecule has 0 bridgehead atoms. The van der Waals surface area contributed by atoms with Gasteiger partial charge in [0.2, 0.25) is 0 Å². The third kappa shape index (κ3) is 3.72. The number of hydrogen-bond donors (Lipinski definition) is 2. The lowest BCUT2D eigenvalue weighted by Crippen LogP contribution is -2.13. The van der Waals surface area contributed by atoms with Crippen LogP contribution < -0.4 is 4.72 Å². The molecule has 0 saturated carbocycles. The number of aromatic amines is 1. The lowest BCUT2D eigenvalue weighted by atomic mass is 10.2. The van der Waals surface area contributed by atoms with Crippen LogP contribution in [-0.4, -0.2) is 19.6 Å². The summed E-state index contributed by atoms with van der Waals surface area (Å²) in [6.07, 6.45) is 3.45. The van der Waals surface area contributed by atoms with Gasteiger partial charge in [-0.15, -0.1) is 0 Å². The number of benzene rings is 2. The fraction of sp³-hybridized carbons (Fsp3) is 0.0556. The molecule has 122 valence electrons. The molecular formula is C18H17N3O2S. The van der Waals surface area contributed by atoms with Crippen LogP contribution >= 0.6 is 0 Å². The molecule has 5 nitrogen and oxygen atoms in total. The summed E-state index contributed by atoms with van der Waals surface area (Å²) in [5.41, 5.74) is 2.82. The molecule has 2 N–H and O–H groups in total. The first-order chi connectivity index (χ1) is 11.5. The number of aromatic nitrogens is 1. The Kier molecular flexibility index (Phi) is 4.48. The highest BCUT2D eigenvalue weighted by molar-refractivity contribution is 7.92. The van der Waals surface area contributed by atoms with Gasteiger partial charge in [0.25, 0.3) is 10.0 Å². The fourth-order valence-corrected chi connectivity index (χ4v) is 3.23. The summed E-state index contributed by atoms with van der Waals surface area (Å²) < 4.78 is 27.7. The zero-order valence-electron chi connectivity index (χ0n) is 13.1. The van der Waals surface area contributed by atoms with E-state index in [0.29, 0.717) is 11.4 Å². The predicted molar refractivity (Wildman–Crippen MR) is 96.5 cm³/mol. The van der Waals surface area contributed by atoms with Crippen molar-refractivity contribution in [3.63, 3.8) is 0 Å². The zero-order chi connectivity index (χ0) is 17.0. The van der Waals surface area contributed by atoms with E-state index in [0.717, 1.165) is 11.3 Å². The van der Waals surface area contributed by atoms with Crippen molar-refractivity contribution in [3.8, 4) is 0 Å². The van der Waals surface area contributed by atoms with E-state index in [1.807, 2.05) is 25.1 Å². The molecular weight excluding hydrogens is 322 g/mol. The molecule has 2 aromatic carbocycles. The second kappa shape index (κ2) is 6.72. The van der Waals surface area contributed by atoms with Gasteiger partial charge in [-0.1, -0.05) is 29.8 Å². The van der Waals surface area contributed by atoms with Crippen molar-refractivity contribution < 1.29 is 8.42 Å². The van der Waals surface area contributed by atoms with Crippen molar-refractivity contribution in [2.24, 2.45) is 4.99 Å². The monoisotopic (exact) mass is 339 g/mol. The Labute approximate surface area is 141 Å². The Morgan fingerprint density at radius 1 is 1.00 bits per heavy atom.